The summed E-state index contributed by atoms with van der Waals surface area (Å²) >= 11 is 0. The molecule has 6 nitrogen and oxygen atoms in total. The molecule has 1 saturated heterocycles. The van der Waals surface area contributed by atoms with Crippen LogP contribution in [0.1, 0.15) is 28.8 Å². The number of ether oxygens (including phenoxy) is 1. The molecule has 0 radical (unpaired) electrons. The van der Waals surface area contributed by atoms with E-state index in [-0.39, 0.29) is 6.10 Å². The Hall–Kier alpha value is -3.64. The zero-order chi connectivity index (χ0) is 21.9. The van der Waals surface area contributed by atoms with Gasteiger partial charge in [0.15, 0.2) is 0 Å². The summed E-state index contributed by atoms with van der Waals surface area (Å²) < 4.78 is 6.24. The van der Waals surface area contributed by atoms with Gasteiger partial charge in [-0.25, -0.2) is 4.98 Å². The number of hydrogen-bond donors (Lipinski definition) is 2. The molecule has 0 atom stereocenters. The number of aromatic amines is 1. The number of nitrogens with one attached hydrogen (secondary N) is 1. The first-order chi connectivity index (χ1) is 15.6. The van der Waals surface area contributed by atoms with Crippen molar-refractivity contribution in [3.8, 4) is 17.1 Å². The van der Waals surface area contributed by atoms with Crippen LogP contribution in [0.4, 0.5) is 0 Å². The van der Waals surface area contributed by atoms with Crippen molar-refractivity contribution in [2.45, 2.75) is 25.5 Å². The van der Waals surface area contributed by atoms with Crippen molar-refractivity contribution in [1.29, 1.82) is 0 Å². The Bertz CT molecular complexity index is 1210. The van der Waals surface area contributed by atoms with Gasteiger partial charge in [-0.3, -0.25) is 9.69 Å². The molecule has 0 aliphatic carbocycles. The lowest BCUT2D eigenvalue weighted by atomic mass is 10.1. The molecular formula is C26H26N4O2. The molecule has 0 unspecified atom stereocenters. The molecule has 1 fully saturated rings. The van der Waals surface area contributed by atoms with Crippen LogP contribution in [-0.2, 0) is 6.54 Å². The van der Waals surface area contributed by atoms with Crippen LogP contribution in [0.2, 0.25) is 0 Å². The monoisotopic (exact) mass is 426 g/mol. The second-order valence-corrected chi connectivity index (χ2v) is 8.28. The van der Waals surface area contributed by atoms with Gasteiger partial charge in [-0.05, 0) is 60.9 Å². The standard InChI is InChI=1S/C26H26N4O2/c27-25(31)20-8-11-23-24(16-20)29-26(28-23)19-6-9-21(10-7-19)32-22-12-14-30(15-13-22)17-18-4-2-1-3-5-18/h1-11,16,22H,12-15,17H2,(H2,27,31)(H,28,29). The Kier molecular flexibility index (Phi) is 5.60. The summed E-state index contributed by atoms with van der Waals surface area (Å²) in [6.07, 6.45) is 2.30. The number of hydrogen-bond acceptors (Lipinski definition) is 4. The van der Waals surface area contributed by atoms with Gasteiger partial charge in [-0.1, -0.05) is 30.3 Å². The normalized spacial score (nSPS) is 15.1. The van der Waals surface area contributed by atoms with E-state index in [1.54, 1.807) is 18.2 Å². The first-order valence-electron chi connectivity index (χ1n) is 11.0. The van der Waals surface area contributed by atoms with Crippen molar-refractivity contribution >= 4 is 16.9 Å². The predicted molar refractivity (Wildman–Crippen MR) is 125 cm³/mol. The quantitative estimate of drug-likeness (QED) is 0.479. The molecule has 1 aromatic heterocycles. The van der Waals surface area contributed by atoms with Crippen LogP contribution in [-0.4, -0.2) is 40.0 Å². The number of carbonyl (C=O) groups is 1. The highest BCUT2D eigenvalue weighted by atomic mass is 16.5. The molecule has 0 bridgehead atoms. The number of amides is 1. The molecule has 6 heteroatoms. The van der Waals surface area contributed by atoms with Gasteiger partial charge in [-0.2, -0.15) is 0 Å². The van der Waals surface area contributed by atoms with Crippen LogP contribution < -0.4 is 10.5 Å². The number of nitrogens with zero attached hydrogens (tertiary/aromatic N) is 2. The Morgan fingerprint density at radius 1 is 1.03 bits per heavy atom. The molecular weight excluding hydrogens is 400 g/mol. The maximum atomic E-state index is 11.4. The number of carbonyl (C=O) groups excluding carboxylic acids is 1. The summed E-state index contributed by atoms with van der Waals surface area (Å²) in [7, 11) is 0. The lowest BCUT2D eigenvalue weighted by molar-refractivity contribution is 0.0968. The van der Waals surface area contributed by atoms with Crippen LogP contribution in [0.5, 0.6) is 5.75 Å². The van der Waals surface area contributed by atoms with Crippen molar-refractivity contribution in [2.24, 2.45) is 5.73 Å². The van der Waals surface area contributed by atoms with Gasteiger partial charge in [-0.15, -0.1) is 0 Å². The van der Waals surface area contributed by atoms with Gasteiger partial charge < -0.3 is 15.5 Å². The van der Waals surface area contributed by atoms with Crippen molar-refractivity contribution < 1.29 is 9.53 Å². The number of rotatable bonds is 6. The smallest absolute Gasteiger partial charge is 0.248 e. The second kappa shape index (κ2) is 8.85. The minimum atomic E-state index is -0.449. The number of piperidine rings is 1. The van der Waals surface area contributed by atoms with E-state index in [1.807, 2.05) is 24.3 Å². The van der Waals surface area contributed by atoms with Gasteiger partial charge in [0, 0.05) is 30.8 Å². The molecule has 1 aliphatic heterocycles. The van der Waals surface area contributed by atoms with Crippen LogP contribution >= 0.6 is 0 Å². The number of aromatic nitrogens is 2. The average Bonchev–Trinajstić information content (AvgIpc) is 3.25. The number of likely N-dealkylation sites (tertiary alicyclic amines) is 1. The first kappa shape index (κ1) is 20.3. The second-order valence-electron chi connectivity index (χ2n) is 8.28. The summed E-state index contributed by atoms with van der Waals surface area (Å²) in [5.74, 6) is 1.18. The van der Waals surface area contributed by atoms with Crippen molar-refractivity contribution in [3.63, 3.8) is 0 Å². The molecule has 3 N–H and O–H groups in total. The van der Waals surface area contributed by atoms with Crippen molar-refractivity contribution in [2.75, 3.05) is 13.1 Å². The molecule has 0 spiro atoms. The fourth-order valence-corrected chi connectivity index (χ4v) is 4.21. The highest BCUT2D eigenvalue weighted by Gasteiger charge is 2.20. The van der Waals surface area contributed by atoms with E-state index in [0.29, 0.717) is 5.56 Å². The van der Waals surface area contributed by atoms with E-state index in [9.17, 15) is 4.79 Å². The summed E-state index contributed by atoms with van der Waals surface area (Å²) in [6.45, 7) is 3.09. The lowest BCUT2D eigenvalue weighted by Crippen LogP contribution is -2.37. The lowest BCUT2D eigenvalue weighted by Gasteiger charge is -2.32. The maximum absolute atomic E-state index is 11.4. The SMILES string of the molecule is NC(=O)c1ccc2nc(-c3ccc(OC4CCN(Cc5ccccc5)CC4)cc3)[nH]c2c1. The fraction of sp³-hybridized carbons (Fsp3) is 0.231. The van der Waals surface area contributed by atoms with E-state index in [4.69, 9.17) is 10.5 Å². The molecule has 5 rings (SSSR count). The number of imidazole rings is 1. The maximum Gasteiger partial charge on any atom is 0.248 e. The Morgan fingerprint density at radius 2 is 1.78 bits per heavy atom. The minimum Gasteiger partial charge on any atom is -0.490 e. The molecule has 32 heavy (non-hydrogen) atoms. The van der Waals surface area contributed by atoms with Gasteiger partial charge in [0.2, 0.25) is 5.91 Å². The zero-order valence-corrected chi connectivity index (χ0v) is 17.8. The number of nitrogens with two attached hydrogens (primary N) is 1. The van der Waals surface area contributed by atoms with E-state index < -0.39 is 5.91 Å². The van der Waals surface area contributed by atoms with Crippen LogP contribution in [0, 0.1) is 0 Å². The summed E-state index contributed by atoms with van der Waals surface area (Å²) in [5, 5.41) is 0. The summed E-state index contributed by atoms with van der Waals surface area (Å²) in [4.78, 5) is 21.8. The molecule has 2 heterocycles. The Balaban J connectivity index is 1.19. The van der Waals surface area contributed by atoms with Crippen LogP contribution in [0.15, 0.2) is 72.8 Å². The third kappa shape index (κ3) is 4.50. The number of benzene rings is 3. The summed E-state index contributed by atoms with van der Waals surface area (Å²) in [5.41, 5.74) is 9.75. The molecule has 1 amide bonds. The zero-order valence-electron chi connectivity index (χ0n) is 17.8. The third-order valence-electron chi connectivity index (χ3n) is 5.98. The van der Waals surface area contributed by atoms with Gasteiger partial charge in [0.05, 0.1) is 11.0 Å². The Labute approximate surface area is 187 Å². The van der Waals surface area contributed by atoms with E-state index in [2.05, 4.69) is 45.2 Å². The number of primary amides is 1. The van der Waals surface area contributed by atoms with Crippen LogP contribution in [0.25, 0.3) is 22.4 Å². The van der Waals surface area contributed by atoms with Gasteiger partial charge in [0.25, 0.3) is 0 Å². The van der Waals surface area contributed by atoms with Gasteiger partial charge >= 0.3 is 0 Å². The predicted octanol–water partition coefficient (Wildman–Crippen LogP) is 4.37. The number of fused-ring (bicyclic) bond motifs is 1. The van der Waals surface area contributed by atoms with Crippen molar-refractivity contribution in [3.05, 3.63) is 83.9 Å². The van der Waals surface area contributed by atoms with E-state index >= 15 is 0 Å². The Morgan fingerprint density at radius 3 is 2.50 bits per heavy atom. The highest BCUT2D eigenvalue weighted by molar-refractivity contribution is 5.96. The minimum absolute atomic E-state index is 0.242. The van der Waals surface area contributed by atoms with Crippen molar-refractivity contribution in [1.82, 2.24) is 14.9 Å². The van der Waals surface area contributed by atoms with E-state index in [0.717, 1.165) is 60.6 Å². The molecule has 3 aromatic carbocycles. The van der Waals surface area contributed by atoms with Crippen LogP contribution in [0.3, 0.4) is 0 Å². The van der Waals surface area contributed by atoms with E-state index in [1.165, 1.54) is 5.56 Å². The average molecular weight is 427 g/mol. The first-order valence-corrected chi connectivity index (χ1v) is 11.0. The fourth-order valence-electron chi connectivity index (χ4n) is 4.21. The highest BCUT2D eigenvalue weighted by Crippen LogP contribution is 2.25. The third-order valence-corrected chi connectivity index (χ3v) is 5.98. The summed E-state index contributed by atoms with van der Waals surface area (Å²) in [6, 6.07) is 23.8. The topological polar surface area (TPSA) is 84.2 Å². The largest absolute Gasteiger partial charge is 0.490 e. The van der Waals surface area contributed by atoms with Gasteiger partial charge in [0.1, 0.15) is 17.7 Å². The molecule has 4 aromatic rings. The number of H-pyrrole nitrogens is 1. The molecule has 1 aliphatic rings. The molecule has 0 saturated carbocycles. The molecule has 162 valence electrons.